The Hall–Kier alpha value is -0.260. The van der Waals surface area contributed by atoms with Crippen molar-refractivity contribution in [1.82, 2.24) is 0 Å². The Morgan fingerprint density at radius 1 is 0.824 bits per heavy atom. The van der Waals surface area contributed by atoms with Gasteiger partial charge in [0, 0.05) is 6.42 Å². The summed E-state index contributed by atoms with van der Waals surface area (Å²) in [4.78, 5) is 0. The molecule has 1 aliphatic rings. The third-order valence-electron chi connectivity index (χ3n) is 3.91. The lowest BCUT2D eigenvalue weighted by Crippen LogP contribution is -2.01. The molecule has 0 heteroatoms. The molecule has 0 spiro atoms. The average molecular weight is 235 g/mol. The standard InChI is InChI=1S/C17H31/c1-3-5-7-10-16(11-8-6-4-2)12-9-13-17-14-15-17/h14-16H,3-13H2,1-2H3. The van der Waals surface area contributed by atoms with Crippen LogP contribution in [0, 0.1) is 12.3 Å². The largest absolute Gasteiger partial charge is 0.0766 e. The van der Waals surface area contributed by atoms with E-state index in [4.69, 9.17) is 0 Å². The van der Waals surface area contributed by atoms with Gasteiger partial charge in [0.1, 0.15) is 0 Å². The summed E-state index contributed by atoms with van der Waals surface area (Å²) in [5.74, 6) is 1.02. The van der Waals surface area contributed by atoms with E-state index in [1.807, 2.05) is 0 Å². The molecule has 0 amide bonds. The van der Waals surface area contributed by atoms with Gasteiger partial charge < -0.3 is 0 Å². The smallest absolute Gasteiger partial charge is 0.00802 e. The monoisotopic (exact) mass is 235 g/mol. The quantitative estimate of drug-likeness (QED) is 0.360. The number of allylic oxidation sites excluding steroid dienone is 2. The Labute approximate surface area is 109 Å². The first-order chi connectivity index (χ1) is 8.36. The van der Waals surface area contributed by atoms with Crippen LogP contribution in [0.1, 0.15) is 84.5 Å². The summed E-state index contributed by atoms with van der Waals surface area (Å²) in [5.41, 5.74) is 1.60. The summed E-state index contributed by atoms with van der Waals surface area (Å²) in [5, 5.41) is 0. The van der Waals surface area contributed by atoms with Crippen molar-refractivity contribution in [2.75, 3.05) is 0 Å². The zero-order valence-corrected chi connectivity index (χ0v) is 12.0. The van der Waals surface area contributed by atoms with Crippen molar-refractivity contribution >= 4 is 0 Å². The van der Waals surface area contributed by atoms with E-state index >= 15 is 0 Å². The molecule has 0 aromatic carbocycles. The second-order valence-corrected chi connectivity index (χ2v) is 5.66. The van der Waals surface area contributed by atoms with Gasteiger partial charge in [-0.3, -0.25) is 0 Å². The number of unbranched alkanes of at least 4 members (excludes halogenated alkanes) is 4. The fourth-order valence-corrected chi connectivity index (χ4v) is 2.62. The van der Waals surface area contributed by atoms with Gasteiger partial charge in [0.2, 0.25) is 0 Å². The summed E-state index contributed by atoms with van der Waals surface area (Å²) in [6, 6.07) is 0. The Kier molecular flexibility index (Phi) is 8.48. The third-order valence-corrected chi connectivity index (χ3v) is 3.91. The van der Waals surface area contributed by atoms with Crippen LogP contribution in [0.15, 0.2) is 11.6 Å². The molecule has 0 heterocycles. The van der Waals surface area contributed by atoms with Gasteiger partial charge in [0.15, 0.2) is 0 Å². The molecule has 0 unspecified atom stereocenters. The van der Waals surface area contributed by atoms with E-state index in [1.54, 1.807) is 5.57 Å². The lowest BCUT2D eigenvalue weighted by molar-refractivity contribution is 0.378. The van der Waals surface area contributed by atoms with Crippen LogP contribution in [0.3, 0.4) is 0 Å². The van der Waals surface area contributed by atoms with E-state index in [1.165, 1.54) is 70.6 Å². The maximum atomic E-state index is 2.31. The molecule has 0 saturated heterocycles. The van der Waals surface area contributed by atoms with Crippen molar-refractivity contribution in [2.24, 2.45) is 5.92 Å². The van der Waals surface area contributed by atoms with E-state index < -0.39 is 0 Å². The summed E-state index contributed by atoms with van der Waals surface area (Å²) in [6.07, 6.45) is 20.3. The molecule has 0 aromatic rings. The molecule has 0 fully saturated rings. The molecule has 0 aliphatic heterocycles. The molecule has 0 N–H and O–H groups in total. The summed E-state index contributed by atoms with van der Waals surface area (Å²) >= 11 is 0. The van der Waals surface area contributed by atoms with Gasteiger partial charge in [-0.15, -0.1) is 0 Å². The SMILES string of the molecule is CCCCCC(CCCCC)CCCC1=C[CH]1. The number of hydrogen-bond donors (Lipinski definition) is 0. The van der Waals surface area contributed by atoms with Gasteiger partial charge in [0.25, 0.3) is 0 Å². The normalized spacial score (nSPS) is 14.2. The van der Waals surface area contributed by atoms with Gasteiger partial charge >= 0.3 is 0 Å². The molecular formula is C17H31. The molecule has 1 rings (SSSR count). The fourth-order valence-electron chi connectivity index (χ4n) is 2.62. The Morgan fingerprint density at radius 2 is 1.35 bits per heavy atom. The number of rotatable bonds is 12. The molecule has 0 bridgehead atoms. The summed E-state index contributed by atoms with van der Waals surface area (Å²) in [7, 11) is 0. The minimum Gasteiger partial charge on any atom is -0.0766 e. The second-order valence-electron chi connectivity index (χ2n) is 5.66. The minimum absolute atomic E-state index is 1.02. The van der Waals surface area contributed by atoms with Crippen molar-refractivity contribution in [3.05, 3.63) is 18.1 Å². The van der Waals surface area contributed by atoms with Crippen LogP contribution < -0.4 is 0 Å². The van der Waals surface area contributed by atoms with Crippen LogP contribution in [-0.2, 0) is 0 Å². The predicted octanol–water partition coefficient (Wildman–Crippen LogP) is 6.08. The van der Waals surface area contributed by atoms with Crippen molar-refractivity contribution in [3.63, 3.8) is 0 Å². The Morgan fingerprint density at radius 3 is 1.82 bits per heavy atom. The van der Waals surface area contributed by atoms with Crippen molar-refractivity contribution in [2.45, 2.75) is 84.5 Å². The van der Waals surface area contributed by atoms with Gasteiger partial charge in [-0.2, -0.15) is 0 Å². The van der Waals surface area contributed by atoms with E-state index in [-0.39, 0.29) is 0 Å². The number of hydrogen-bond acceptors (Lipinski definition) is 0. The molecule has 1 aliphatic carbocycles. The zero-order chi connectivity index (χ0) is 12.3. The first-order valence-corrected chi connectivity index (χ1v) is 7.90. The first kappa shape index (κ1) is 14.8. The van der Waals surface area contributed by atoms with Crippen LogP contribution in [0.25, 0.3) is 0 Å². The Balaban J connectivity index is 2.06. The molecular weight excluding hydrogens is 204 g/mol. The average Bonchev–Trinajstić information content (AvgIpc) is 3.13. The van der Waals surface area contributed by atoms with Crippen LogP contribution >= 0.6 is 0 Å². The third kappa shape index (κ3) is 8.46. The molecule has 0 saturated carbocycles. The lowest BCUT2D eigenvalue weighted by atomic mass is 9.90. The molecule has 0 nitrogen and oxygen atoms in total. The van der Waals surface area contributed by atoms with Gasteiger partial charge in [-0.05, 0) is 18.8 Å². The van der Waals surface area contributed by atoms with E-state index in [0.29, 0.717) is 0 Å². The highest BCUT2D eigenvalue weighted by Gasteiger charge is 2.11. The second kappa shape index (κ2) is 9.74. The van der Waals surface area contributed by atoms with Crippen LogP contribution in [0.2, 0.25) is 0 Å². The van der Waals surface area contributed by atoms with E-state index in [9.17, 15) is 0 Å². The summed E-state index contributed by atoms with van der Waals surface area (Å²) in [6.45, 7) is 4.61. The highest BCUT2D eigenvalue weighted by atomic mass is 14.2. The molecule has 17 heavy (non-hydrogen) atoms. The highest BCUT2D eigenvalue weighted by molar-refractivity contribution is 5.38. The molecule has 0 aromatic heterocycles. The minimum atomic E-state index is 1.02. The van der Waals surface area contributed by atoms with Gasteiger partial charge in [0.05, 0.1) is 0 Å². The van der Waals surface area contributed by atoms with E-state index in [2.05, 4.69) is 26.3 Å². The maximum Gasteiger partial charge on any atom is 0.00802 e. The zero-order valence-electron chi connectivity index (χ0n) is 12.0. The lowest BCUT2D eigenvalue weighted by Gasteiger charge is -2.16. The fraction of sp³-hybridized carbons (Fsp3) is 0.824. The molecule has 0 atom stereocenters. The van der Waals surface area contributed by atoms with Crippen molar-refractivity contribution < 1.29 is 0 Å². The van der Waals surface area contributed by atoms with E-state index in [0.717, 1.165) is 5.92 Å². The van der Waals surface area contributed by atoms with Crippen molar-refractivity contribution in [3.8, 4) is 0 Å². The van der Waals surface area contributed by atoms with Crippen molar-refractivity contribution in [1.29, 1.82) is 0 Å². The van der Waals surface area contributed by atoms with Crippen LogP contribution in [-0.4, -0.2) is 0 Å². The summed E-state index contributed by atoms with van der Waals surface area (Å²) < 4.78 is 0. The Bertz CT molecular complexity index is 192. The topological polar surface area (TPSA) is 0 Å². The maximum absolute atomic E-state index is 2.31. The molecule has 99 valence electrons. The molecule has 1 radical (unpaired) electrons. The predicted molar refractivity (Wildman–Crippen MR) is 78.0 cm³/mol. The van der Waals surface area contributed by atoms with Crippen LogP contribution in [0.4, 0.5) is 0 Å². The van der Waals surface area contributed by atoms with Gasteiger partial charge in [-0.1, -0.05) is 83.3 Å². The highest BCUT2D eigenvalue weighted by Crippen LogP contribution is 2.27. The van der Waals surface area contributed by atoms with Crippen LogP contribution in [0.5, 0.6) is 0 Å². The first-order valence-electron chi connectivity index (χ1n) is 7.90. The van der Waals surface area contributed by atoms with Gasteiger partial charge in [-0.25, -0.2) is 0 Å².